The van der Waals surface area contributed by atoms with Gasteiger partial charge in [0.05, 0.1) is 24.8 Å². The number of hydrogen-bond donors (Lipinski definition) is 1. The number of imidazole rings is 1. The maximum atomic E-state index is 11.4. The van der Waals surface area contributed by atoms with Crippen molar-refractivity contribution in [2.75, 3.05) is 20.3 Å². The van der Waals surface area contributed by atoms with Crippen LogP contribution in [0, 0.1) is 0 Å². The number of amides is 1. The lowest BCUT2D eigenvalue weighted by Gasteiger charge is -2.13. The predicted molar refractivity (Wildman–Crippen MR) is 128 cm³/mol. The van der Waals surface area contributed by atoms with Gasteiger partial charge in [0.15, 0.2) is 11.5 Å². The number of carbonyl (C=O) groups is 1. The monoisotopic (exact) mass is 433 g/mol. The van der Waals surface area contributed by atoms with E-state index in [4.69, 9.17) is 14.5 Å². The molecule has 0 spiro atoms. The van der Waals surface area contributed by atoms with Crippen molar-refractivity contribution in [1.29, 1.82) is 0 Å². The molecule has 168 valence electrons. The van der Waals surface area contributed by atoms with Gasteiger partial charge in [0.1, 0.15) is 5.82 Å². The first-order chi connectivity index (χ1) is 15.7. The third-order valence-electron chi connectivity index (χ3n) is 5.21. The predicted octanol–water partition coefficient (Wildman–Crippen LogP) is 4.48. The summed E-state index contributed by atoms with van der Waals surface area (Å²) in [5.41, 5.74) is 3.23. The van der Waals surface area contributed by atoms with E-state index in [1.165, 1.54) is 6.08 Å². The number of unbranched alkanes of at least 4 members (excludes halogenated alkanes) is 1. The van der Waals surface area contributed by atoms with Crippen molar-refractivity contribution in [1.82, 2.24) is 14.9 Å². The van der Waals surface area contributed by atoms with Crippen LogP contribution in [0.2, 0.25) is 0 Å². The zero-order chi connectivity index (χ0) is 22.8. The van der Waals surface area contributed by atoms with E-state index in [9.17, 15) is 4.79 Å². The molecule has 1 amide bonds. The molecule has 1 N–H and O–H groups in total. The van der Waals surface area contributed by atoms with Gasteiger partial charge in [-0.25, -0.2) is 4.98 Å². The highest BCUT2D eigenvalue weighted by molar-refractivity contribution is 5.86. The smallest absolute Gasteiger partial charge is 0.243 e. The molecule has 3 rings (SSSR count). The van der Waals surface area contributed by atoms with Gasteiger partial charge < -0.3 is 19.4 Å². The van der Waals surface area contributed by atoms with Crippen LogP contribution in [0.25, 0.3) is 11.0 Å². The molecule has 6 nitrogen and oxygen atoms in total. The number of benzene rings is 2. The standard InChI is InChI=1S/C26H31N3O3/c1-4-10-20-13-14-23(24(19-20)31-3)32-18-9-8-17-29-22-12-7-6-11-21(22)28-25(29)15-16-27-26(30)5-2/h4-7,11-14,19H,1-2,8-10,15-18H2,3H3,(H,27,30). The topological polar surface area (TPSA) is 65.4 Å². The van der Waals surface area contributed by atoms with Crippen molar-refractivity contribution >= 4 is 16.9 Å². The molecule has 0 atom stereocenters. The first-order valence-corrected chi connectivity index (χ1v) is 10.9. The molecule has 0 fully saturated rings. The highest BCUT2D eigenvalue weighted by Gasteiger charge is 2.11. The fraction of sp³-hybridized carbons (Fsp3) is 0.308. The minimum absolute atomic E-state index is 0.169. The maximum absolute atomic E-state index is 11.4. The summed E-state index contributed by atoms with van der Waals surface area (Å²) in [6.45, 7) is 9.23. The molecule has 0 aliphatic carbocycles. The Balaban J connectivity index is 1.57. The average Bonchev–Trinajstić information content (AvgIpc) is 3.16. The van der Waals surface area contributed by atoms with Gasteiger partial charge in [-0.15, -0.1) is 6.58 Å². The lowest BCUT2D eigenvalue weighted by molar-refractivity contribution is -0.116. The van der Waals surface area contributed by atoms with E-state index in [-0.39, 0.29) is 5.91 Å². The fourth-order valence-corrected chi connectivity index (χ4v) is 3.61. The molecule has 0 unspecified atom stereocenters. The molecule has 32 heavy (non-hydrogen) atoms. The number of aromatic nitrogens is 2. The normalized spacial score (nSPS) is 10.7. The Morgan fingerprint density at radius 2 is 2.00 bits per heavy atom. The highest BCUT2D eigenvalue weighted by Crippen LogP contribution is 2.28. The van der Waals surface area contributed by atoms with Gasteiger partial charge in [-0.2, -0.15) is 0 Å². The molecule has 0 aliphatic rings. The summed E-state index contributed by atoms with van der Waals surface area (Å²) in [7, 11) is 1.66. The van der Waals surface area contributed by atoms with Crippen LogP contribution in [0.1, 0.15) is 24.2 Å². The highest BCUT2D eigenvalue weighted by atomic mass is 16.5. The molecule has 2 aromatic carbocycles. The van der Waals surface area contributed by atoms with Gasteiger partial charge in [0.25, 0.3) is 0 Å². The second-order valence-electron chi connectivity index (χ2n) is 7.45. The van der Waals surface area contributed by atoms with Crippen molar-refractivity contribution < 1.29 is 14.3 Å². The summed E-state index contributed by atoms with van der Waals surface area (Å²) in [6.07, 6.45) is 6.47. The fourth-order valence-electron chi connectivity index (χ4n) is 3.61. The minimum atomic E-state index is -0.169. The number of allylic oxidation sites excluding steroid dienone is 1. The Morgan fingerprint density at radius 1 is 1.16 bits per heavy atom. The van der Waals surface area contributed by atoms with Crippen LogP contribution in [0.4, 0.5) is 0 Å². The van der Waals surface area contributed by atoms with Gasteiger partial charge >= 0.3 is 0 Å². The Hall–Kier alpha value is -3.54. The van der Waals surface area contributed by atoms with Gasteiger partial charge in [0.2, 0.25) is 5.91 Å². The number of hydrogen-bond acceptors (Lipinski definition) is 4. The number of fused-ring (bicyclic) bond motifs is 1. The van der Waals surface area contributed by atoms with Gasteiger partial charge in [-0.1, -0.05) is 30.9 Å². The number of ether oxygens (including phenoxy) is 2. The Morgan fingerprint density at radius 3 is 2.78 bits per heavy atom. The summed E-state index contributed by atoms with van der Waals surface area (Å²) in [5, 5.41) is 2.82. The number of carbonyl (C=O) groups excluding carboxylic acids is 1. The average molecular weight is 434 g/mol. The molecule has 3 aromatic rings. The Labute approximate surface area is 189 Å². The summed E-state index contributed by atoms with van der Waals surface area (Å²) in [4.78, 5) is 16.2. The number of para-hydroxylation sites is 2. The van der Waals surface area contributed by atoms with Crippen molar-refractivity contribution in [2.45, 2.75) is 32.2 Å². The molecular formula is C26H31N3O3. The number of rotatable bonds is 13. The summed E-state index contributed by atoms with van der Waals surface area (Å²) >= 11 is 0. The Kier molecular flexibility index (Phi) is 8.49. The summed E-state index contributed by atoms with van der Waals surface area (Å²) in [6, 6.07) is 14.1. The van der Waals surface area contributed by atoms with Gasteiger partial charge in [-0.3, -0.25) is 4.79 Å². The lowest BCUT2D eigenvalue weighted by atomic mass is 10.1. The summed E-state index contributed by atoms with van der Waals surface area (Å²) < 4.78 is 13.7. The van der Waals surface area contributed by atoms with Crippen LogP contribution in [-0.2, 0) is 24.2 Å². The van der Waals surface area contributed by atoms with E-state index in [2.05, 4.69) is 29.1 Å². The van der Waals surface area contributed by atoms with Gasteiger partial charge in [-0.05, 0) is 55.2 Å². The van der Waals surface area contributed by atoms with Crippen LogP contribution in [-0.4, -0.2) is 35.7 Å². The molecule has 0 bridgehead atoms. The first-order valence-electron chi connectivity index (χ1n) is 10.9. The number of aryl methyl sites for hydroxylation is 1. The second kappa shape index (κ2) is 11.7. The number of nitrogens with one attached hydrogen (secondary N) is 1. The minimum Gasteiger partial charge on any atom is -0.493 e. The van der Waals surface area contributed by atoms with Crippen molar-refractivity contribution in [3.8, 4) is 11.5 Å². The number of nitrogens with zero attached hydrogens (tertiary/aromatic N) is 2. The molecule has 0 radical (unpaired) electrons. The van der Waals surface area contributed by atoms with Crippen LogP contribution in [0.5, 0.6) is 11.5 Å². The molecular weight excluding hydrogens is 402 g/mol. The molecule has 1 aromatic heterocycles. The van der Waals surface area contributed by atoms with Crippen LogP contribution >= 0.6 is 0 Å². The molecule has 0 saturated heterocycles. The van der Waals surface area contributed by atoms with E-state index < -0.39 is 0 Å². The van der Waals surface area contributed by atoms with E-state index in [0.717, 1.165) is 59.7 Å². The zero-order valence-electron chi connectivity index (χ0n) is 18.7. The Bertz CT molecular complexity index is 1070. The third kappa shape index (κ3) is 6.00. The van der Waals surface area contributed by atoms with E-state index >= 15 is 0 Å². The molecule has 0 saturated carbocycles. The van der Waals surface area contributed by atoms with E-state index in [1.807, 2.05) is 42.5 Å². The third-order valence-corrected chi connectivity index (χ3v) is 5.21. The lowest BCUT2D eigenvalue weighted by Crippen LogP contribution is -2.24. The SMILES string of the molecule is C=CCc1ccc(OCCCCn2c(CCNC(=O)C=C)nc3ccccc32)c(OC)c1. The molecule has 1 heterocycles. The van der Waals surface area contributed by atoms with E-state index in [1.54, 1.807) is 7.11 Å². The van der Waals surface area contributed by atoms with Crippen LogP contribution in [0.15, 0.2) is 67.8 Å². The number of methoxy groups -OCH3 is 1. The quantitative estimate of drug-likeness (QED) is 0.245. The zero-order valence-corrected chi connectivity index (χ0v) is 18.7. The van der Waals surface area contributed by atoms with Crippen molar-refractivity contribution in [3.05, 3.63) is 79.2 Å². The summed E-state index contributed by atoms with van der Waals surface area (Å²) in [5.74, 6) is 2.30. The molecule has 0 aliphatic heterocycles. The molecule has 6 heteroatoms. The largest absolute Gasteiger partial charge is 0.493 e. The van der Waals surface area contributed by atoms with Crippen LogP contribution < -0.4 is 14.8 Å². The second-order valence-corrected chi connectivity index (χ2v) is 7.45. The van der Waals surface area contributed by atoms with Crippen LogP contribution in [0.3, 0.4) is 0 Å². The van der Waals surface area contributed by atoms with Gasteiger partial charge in [0, 0.05) is 19.5 Å². The first kappa shape index (κ1) is 23.1. The van der Waals surface area contributed by atoms with Crippen molar-refractivity contribution in [2.24, 2.45) is 0 Å². The maximum Gasteiger partial charge on any atom is 0.243 e. The van der Waals surface area contributed by atoms with E-state index in [0.29, 0.717) is 19.6 Å². The van der Waals surface area contributed by atoms with Crippen molar-refractivity contribution in [3.63, 3.8) is 0 Å².